The average Bonchev–Trinajstić information content (AvgIpc) is 2.92. The molecule has 2 amide bonds. The lowest BCUT2D eigenvalue weighted by atomic mass is 9.98. The largest absolute Gasteiger partial charge is 0.481 e. The fraction of sp³-hybridized carbons (Fsp3) is 0.346. The molecule has 0 heterocycles. The lowest BCUT2D eigenvalue weighted by Crippen LogP contribution is -2.50. The molecule has 2 aliphatic rings. The summed E-state index contributed by atoms with van der Waals surface area (Å²) in [6.07, 6.45) is 6.12. The third kappa shape index (κ3) is 5.42. The first-order chi connectivity index (χ1) is 16.0. The van der Waals surface area contributed by atoms with E-state index >= 15 is 0 Å². The lowest BCUT2D eigenvalue weighted by Gasteiger charge is -2.22. The quantitative estimate of drug-likeness (QED) is 0.556. The number of carbonyl (C=O) groups is 3. The third-order valence-electron chi connectivity index (χ3n) is 6.21. The van der Waals surface area contributed by atoms with E-state index in [-0.39, 0.29) is 18.6 Å². The summed E-state index contributed by atoms with van der Waals surface area (Å²) in [5, 5.41) is 14.6. The fourth-order valence-corrected chi connectivity index (χ4v) is 4.59. The van der Waals surface area contributed by atoms with Gasteiger partial charge in [-0.15, -0.1) is 0 Å². The molecule has 7 nitrogen and oxygen atoms in total. The summed E-state index contributed by atoms with van der Waals surface area (Å²) >= 11 is 0. The van der Waals surface area contributed by atoms with E-state index in [9.17, 15) is 19.5 Å². The van der Waals surface area contributed by atoms with Gasteiger partial charge in [0.1, 0.15) is 12.6 Å². The van der Waals surface area contributed by atoms with Gasteiger partial charge in [0.05, 0.1) is 6.42 Å². The Balaban J connectivity index is 1.39. The number of hydrogen-bond acceptors (Lipinski definition) is 4. The second-order valence-electron chi connectivity index (χ2n) is 8.45. The van der Waals surface area contributed by atoms with Crippen LogP contribution in [0, 0.1) is 0 Å². The standard InChI is InChI=1S/C26H28N2O5/c29-24(30)15-23(25(31)27-17-9-3-1-2-4-10-17)28-26(32)33-16-22-20-13-7-5-11-18(20)19-12-6-8-14-21(19)22/h1-2,5-8,11-14,17,22-23H,3-4,9-10,15-16H2,(H,27,31)(H,28,32)(H,29,30). The van der Waals surface area contributed by atoms with E-state index in [1.807, 2.05) is 48.5 Å². The van der Waals surface area contributed by atoms with E-state index in [2.05, 4.69) is 22.8 Å². The maximum Gasteiger partial charge on any atom is 0.407 e. The van der Waals surface area contributed by atoms with Crippen molar-refractivity contribution in [3.63, 3.8) is 0 Å². The Bertz CT molecular complexity index is 1010. The fourth-order valence-electron chi connectivity index (χ4n) is 4.59. The van der Waals surface area contributed by atoms with Crippen LogP contribution in [0.2, 0.25) is 0 Å². The van der Waals surface area contributed by atoms with Crippen LogP contribution in [-0.4, -0.2) is 41.8 Å². The monoisotopic (exact) mass is 448 g/mol. The average molecular weight is 449 g/mol. The molecule has 0 bridgehead atoms. The van der Waals surface area contributed by atoms with Gasteiger partial charge in [0.2, 0.25) is 5.91 Å². The summed E-state index contributed by atoms with van der Waals surface area (Å²) < 4.78 is 5.48. The topological polar surface area (TPSA) is 105 Å². The van der Waals surface area contributed by atoms with Gasteiger partial charge >= 0.3 is 12.1 Å². The van der Waals surface area contributed by atoms with E-state index in [4.69, 9.17) is 4.74 Å². The molecular weight excluding hydrogens is 420 g/mol. The molecule has 0 saturated carbocycles. The minimum Gasteiger partial charge on any atom is -0.481 e. The highest BCUT2D eigenvalue weighted by Crippen LogP contribution is 2.44. The molecule has 7 heteroatoms. The Kier molecular flexibility index (Phi) is 7.07. The number of ether oxygens (including phenoxy) is 1. The molecule has 172 valence electrons. The van der Waals surface area contributed by atoms with Gasteiger partial charge in [-0.05, 0) is 47.9 Å². The number of amides is 2. The third-order valence-corrected chi connectivity index (χ3v) is 6.21. The number of carboxylic acids is 1. The first kappa shape index (κ1) is 22.6. The van der Waals surface area contributed by atoms with Gasteiger partial charge in [0.25, 0.3) is 0 Å². The van der Waals surface area contributed by atoms with Crippen molar-refractivity contribution in [1.29, 1.82) is 0 Å². The van der Waals surface area contributed by atoms with Gasteiger partial charge in [-0.3, -0.25) is 9.59 Å². The van der Waals surface area contributed by atoms with Crippen LogP contribution >= 0.6 is 0 Å². The Labute approximate surface area is 192 Å². The number of aliphatic carboxylic acids is 1. The second-order valence-corrected chi connectivity index (χ2v) is 8.45. The van der Waals surface area contributed by atoms with Crippen molar-refractivity contribution in [3.8, 4) is 11.1 Å². The predicted octanol–water partition coefficient (Wildman–Crippen LogP) is 3.98. The Morgan fingerprint density at radius 3 is 2.09 bits per heavy atom. The molecule has 2 aromatic rings. The number of rotatable bonds is 7. The highest BCUT2D eigenvalue weighted by atomic mass is 16.5. The number of fused-ring (bicyclic) bond motifs is 3. The van der Waals surface area contributed by atoms with Crippen molar-refractivity contribution < 1.29 is 24.2 Å². The van der Waals surface area contributed by atoms with Crippen molar-refractivity contribution >= 4 is 18.0 Å². The van der Waals surface area contributed by atoms with E-state index in [1.54, 1.807) is 0 Å². The lowest BCUT2D eigenvalue weighted by molar-refractivity contribution is -0.140. The van der Waals surface area contributed by atoms with Gasteiger partial charge in [-0.2, -0.15) is 0 Å². The van der Waals surface area contributed by atoms with Crippen LogP contribution in [0.1, 0.15) is 49.1 Å². The molecular formula is C26H28N2O5. The molecule has 0 spiro atoms. The molecule has 0 saturated heterocycles. The van der Waals surface area contributed by atoms with Crippen LogP contribution in [0.15, 0.2) is 60.7 Å². The normalized spacial score (nSPS) is 16.2. The maximum absolute atomic E-state index is 12.7. The zero-order valence-electron chi connectivity index (χ0n) is 18.3. The summed E-state index contributed by atoms with van der Waals surface area (Å²) in [4.78, 5) is 36.6. The molecule has 33 heavy (non-hydrogen) atoms. The van der Waals surface area contributed by atoms with Crippen LogP contribution in [0.5, 0.6) is 0 Å². The molecule has 2 aliphatic carbocycles. The predicted molar refractivity (Wildman–Crippen MR) is 124 cm³/mol. The molecule has 0 aromatic heterocycles. The summed E-state index contributed by atoms with van der Waals surface area (Å²) in [5.41, 5.74) is 4.38. The van der Waals surface area contributed by atoms with Crippen LogP contribution in [0.4, 0.5) is 4.79 Å². The minimum absolute atomic E-state index is 0.0480. The number of nitrogens with one attached hydrogen (secondary N) is 2. The number of alkyl carbamates (subject to hydrolysis) is 1. The Morgan fingerprint density at radius 1 is 0.939 bits per heavy atom. The van der Waals surface area contributed by atoms with Crippen LogP contribution < -0.4 is 10.6 Å². The van der Waals surface area contributed by atoms with Crippen molar-refractivity contribution in [1.82, 2.24) is 10.6 Å². The van der Waals surface area contributed by atoms with Crippen molar-refractivity contribution in [3.05, 3.63) is 71.8 Å². The first-order valence-electron chi connectivity index (χ1n) is 11.3. The highest BCUT2D eigenvalue weighted by molar-refractivity contribution is 5.89. The number of allylic oxidation sites excluding steroid dienone is 2. The van der Waals surface area contributed by atoms with E-state index in [0.29, 0.717) is 0 Å². The molecule has 1 atom stereocenters. The summed E-state index contributed by atoms with van der Waals surface area (Å²) in [6, 6.07) is 14.7. The molecule has 0 radical (unpaired) electrons. The highest BCUT2D eigenvalue weighted by Gasteiger charge is 2.30. The minimum atomic E-state index is -1.20. The van der Waals surface area contributed by atoms with Crippen LogP contribution in [0.3, 0.4) is 0 Å². The van der Waals surface area contributed by atoms with Gasteiger partial charge in [0, 0.05) is 12.0 Å². The summed E-state index contributed by atoms with van der Waals surface area (Å²) in [6.45, 7) is 0.0928. The zero-order valence-corrected chi connectivity index (χ0v) is 18.3. The van der Waals surface area contributed by atoms with Gasteiger partial charge in [0.15, 0.2) is 0 Å². The smallest absolute Gasteiger partial charge is 0.407 e. The first-order valence-corrected chi connectivity index (χ1v) is 11.3. The van der Waals surface area contributed by atoms with E-state index in [1.165, 1.54) is 0 Å². The van der Waals surface area contributed by atoms with Crippen LogP contribution in [-0.2, 0) is 14.3 Å². The molecule has 0 aliphatic heterocycles. The Hall–Kier alpha value is -3.61. The van der Waals surface area contributed by atoms with Gasteiger partial charge in [-0.1, -0.05) is 60.7 Å². The summed E-state index contributed by atoms with van der Waals surface area (Å²) in [7, 11) is 0. The van der Waals surface area contributed by atoms with Crippen molar-refractivity contribution in [2.75, 3.05) is 6.61 Å². The number of hydrogen-bond donors (Lipinski definition) is 3. The van der Waals surface area contributed by atoms with E-state index in [0.717, 1.165) is 47.9 Å². The Morgan fingerprint density at radius 2 is 1.52 bits per heavy atom. The van der Waals surface area contributed by atoms with Gasteiger partial charge < -0.3 is 20.5 Å². The molecule has 2 aromatic carbocycles. The molecule has 3 N–H and O–H groups in total. The SMILES string of the molecule is O=C(O)CC(NC(=O)OCC1c2ccccc2-c2ccccc21)C(=O)NC1CCC=CCC1. The second kappa shape index (κ2) is 10.3. The van der Waals surface area contributed by atoms with Crippen LogP contribution in [0.25, 0.3) is 11.1 Å². The van der Waals surface area contributed by atoms with Crippen molar-refractivity contribution in [2.24, 2.45) is 0 Å². The maximum atomic E-state index is 12.7. The number of carbonyl (C=O) groups excluding carboxylic acids is 2. The summed E-state index contributed by atoms with van der Waals surface area (Å²) in [5.74, 6) is -1.79. The van der Waals surface area contributed by atoms with Crippen molar-refractivity contribution in [2.45, 2.75) is 50.1 Å². The van der Waals surface area contributed by atoms with E-state index < -0.39 is 30.4 Å². The molecule has 4 rings (SSSR count). The zero-order chi connectivity index (χ0) is 23.2. The molecule has 1 unspecified atom stereocenters. The number of benzene rings is 2. The number of carboxylic acid groups (broad SMARTS) is 1. The van der Waals surface area contributed by atoms with Gasteiger partial charge in [-0.25, -0.2) is 4.79 Å². The molecule has 0 fully saturated rings.